The van der Waals surface area contributed by atoms with Crippen molar-refractivity contribution in [2.75, 3.05) is 33.9 Å². The van der Waals surface area contributed by atoms with Gasteiger partial charge in [0.2, 0.25) is 11.7 Å². The zero-order valence-electron chi connectivity index (χ0n) is 23.7. The molecule has 2 aliphatic heterocycles. The van der Waals surface area contributed by atoms with Crippen molar-refractivity contribution < 1.29 is 19.1 Å². The molecule has 2 aliphatic rings. The second kappa shape index (κ2) is 12.3. The highest BCUT2D eigenvalue weighted by Gasteiger charge is 2.28. The lowest BCUT2D eigenvalue weighted by Crippen LogP contribution is -2.33. The molecule has 0 saturated carbocycles. The van der Waals surface area contributed by atoms with Gasteiger partial charge in [0, 0.05) is 10.0 Å². The van der Waals surface area contributed by atoms with Crippen LogP contribution in [0.25, 0.3) is 11.1 Å². The van der Waals surface area contributed by atoms with Gasteiger partial charge in [-0.05, 0) is 97.8 Å². The normalized spacial score (nSPS) is 13.5. The molecule has 0 unspecified atom stereocenters. The van der Waals surface area contributed by atoms with Gasteiger partial charge in [-0.3, -0.25) is 0 Å². The lowest BCUT2D eigenvalue weighted by atomic mass is 10.0. The fourth-order valence-electron chi connectivity index (χ4n) is 4.74. The molecule has 0 spiro atoms. The standard InChI is InChI=1S/C32H26Cl2N6O4/c1-3-43-31(41)29-35-25-15-5-19(17-27(25)39(37-29)23-11-7-21(33)8-12-23)20-6-16-26-28(18-20)40(24-13-9-22(34)10-14-24)38-30(36-26)32(42)44-4-2/h5-18H,3-4H2,1-2H3,(H,35,37)(H,36,38). The zero-order chi connectivity index (χ0) is 30.8. The predicted molar refractivity (Wildman–Crippen MR) is 174 cm³/mol. The monoisotopic (exact) mass is 628 g/mol. The van der Waals surface area contributed by atoms with E-state index in [1.165, 1.54) is 0 Å². The molecule has 0 bridgehead atoms. The van der Waals surface area contributed by atoms with E-state index < -0.39 is 11.9 Å². The van der Waals surface area contributed by atoms with Crippen molar-refractivity contribution in [2.45, 2.75) is 13.8 Å². The molecule has 0 radical (unpaired) electrons. The summed E-state index contributed by atoms with van der Waals surface area (Å²) in [6, 6.07) is 25.9. The maximum absolute atomic E-state index is 12.6. The van der Waals surface area contributed by atoms with Gasteiger partial charge in [-0.1, -0.05) is 35.3 Å². The number of hydrogen-bond donors (Lipinski definition) is 2. The fourth-order valence-corrected chi connectivity index (χ4v) is 4.99. The molecular formula is C32H26Cl2N6O4. The van der Waals surface area contributed by atoms with Gasteiger partial charge in [0.05, 0.1) is 47.3 Å². The van der Waals surface area contributed by atoms with E-state index >= 15 is 0 Å². The highest BCUT2D eigenvalue weighted by molar-refractivity contribution is 6.42. The highest BCUT2D eigenvalue weighted by Crippen LogP contribution is 2.42. The quantitative estimate of drug-likeness (QED) is 0.202. The number of hydrazone groups is 2. The lowest BCUT2D eigenvalue weighted by Gasteiger charge is -2.29. The van der Waals surface area contributed by atoms with E-state index in [9.17, 15) is 9.59 Å². The van der Waals surface area contributed by atoms with Gasteiger partial charge in [-0.2, -0.15) is 0 Å². The van der Waals surface area contributed by atoms with Crippen molar-refractivity contribution in [2.24, 2.45) is 10.2 Å². The molecule has 2 heterocycles. The molecule has 12 heteroatoms. The van der Waals surface area contributed by atoms with Gasteiger partial charge in [-0.15, -0.1) is 10.2 Å². The molecular weight excluding hydrogens is 603 g/mol. The molecule has 0 atom stereocenters. The molecule has 4 aromatic rings. The van der Waals surface area contributed by atoms with Gasteiger partial charge in [0.15, 0.2) is 0 Å². The minimum Gasteiger partial charge on any atom is -0.460 e. The number of ether oxygens (including phenoxy) is 2. The van der Waals surface area contributed by atoms with Gasteiger partial charge in [-0.25, -0.2) is 19.6 Å². The number of fused-ring (bicyclic) bond motifs is 2. The Kier molecular flexibility index (Phi) is 8.10. The summed E-state index contributed by atoms with van der Waals surface area (Å²) in [6.07, 6.45) is 0. The summed E-state index contributed by atoms with van der Waals surface area (Å²) in [5.41, 5.74) is 5.94. The van der Waals surface area contributed by atoms with Crippen molar-refractivity contribution in [3.8, 4) is 11.1 Å². The minimum absolute atomic E-state index is 0.0655. The third-order valence-corrected chi connectivity index (χ3v) is 7.28. The van der Waals surface area contributed by atoms with Crippen LogP contribution in [0, 0.1) is 0 Å². The summed E-state index contributed by atoms with van der Waals surface area (Å²) in [4.78, 5) is 25.2. The van der Waals surface area contributed by atoms with Crippen LogP contribution in [0.5, 0.6) is 0 Å². The number of carbonyl (C=O) groups excluding carboxylic acids is 2. The molecule has 0 aromatic heterocycles. The SMILES string of the molecule is CCOC(=O)C1=NN(c2ccc(Cl)cc2)c2cc(-c3ccc4c(c3)N(c3ccc(Cl)cc3)N=C(C(=O)OCC)N4)ccc2N1. The maximum atomic E-state index is 12.6. The van der Waals surface area contributed by atoms with Gasteiger partial charge >= 0.3 is 11.9 Å². The molecule has 6 rings (SSSR count). The number of anilines is 6. The number of carbonyl (C=O) groups is 2. The van der Waals surface area contributed by atoms with Crippen LogP contribution in [0.4, 0.5) is 34.1 Å². The fraction of sp³-hybridized carbons (Fsp3) is 0.125. The summed E-state index contributed by atoms with van der Waals surface area (Å²) in [5.74, 6) is -0.992. The number of benzene rings is 4. The van der Waals surface area contributed by atoms with Crippen molar-refractivity contribution in [1.29, 1.82) is 0 Å². The Morgan fingerprint density at radius 2 is 1.02 bits per heavy atom. The van der Waals surface area contributed by atoms with Crippen LogP contribution in [-0.4, -0.2) is 36.8 Å². The number of esters is 2. The Hall–Kier alpha value is -5.06. The van der Waals surface area contributed by atoms with E-state index in [1.807, 2.05) is 60.7 Å². The zero-order valence-corrected chi connectivity index (χ0v) is 25.2. The molecule has 2 N–H and O–H groups in total. The van der Waals surface area contributed by atoms with Crippen LogP contribution < -0.4 is 20.7 Å². The second-order valence-corrected chi connectivity index (χ2v) is 10.5. The number of hydrogen-bond acceptors (Lipinski definition) is 10. The second-order valence-electron chi connectivity index (χ2n) is 9.63. The number of nitrogens with zero attached hydrogens (tertiary/aromatic N) is 4. The molecule has 44 heavy (non-hydrogen) atoms. The average molecular weight is 630 g/mol. The topological polar surface area (TPSA) is 108 Å². The molecule has 0 saturated heterocycles. The van der Waals surface area contributed by atoms with Crippen molar-refractivity contribution in [1.82, 2.24) is 0 Å². The van der Waals surface area contributed by atoms with Crippen LogP contribution >= 0.6 is 23.2 Å². The Labute approximate surface area is 263 Å². The van der Waals surface area contributed by atoms with Crippen LogP contribution in [0.15, 0.2) is 95.1 Å². The Bertz CT molecular complexity index is 1680. The third-order valence-electron chi connectivity index (χ3n) is 6.77. The molecule has 0 amide bonds. The Balaban J connectivity index is 1.42. The van der Waals surface area contributed by atoms with Crippen LogP contribution in [0.1, 0.15) is 13.8 Å². The van der Waals surface area contributed by atoms with E-state index in [2.05, 4.69) is 20.8 Å². The number of rotatable bonds is 7. The lowest BCUT2D eigenvalue weighted by molar-refractivity contribution is -0.135. The summed E-state index contributed by atoms with van der Waals surface area (Å²) in [5, 5.41) is 19.9. The first kappa shape index (κ1) is 29.0. The van der Waals surface area contributed by atoms with Crippen molar-refractivity contribution >= 4 is 80.9 Å². The number of nitrogens with one attached hydrogen (secondary N) is 2. The predicted octanol–water partition coefficient (Wildman–Crippen LogP) is 7.54. The molecule has 10 nitrogen and oxygen atoms in total. The molecule has 222 valence electrons. The van der Waals surface area contributed by atoms with Crippen LogP contribution in [0.2, 0.25) is 10.0 Å². The van der Waals surface area contributed by atoms with E-state index in [0.29, 0.717) is 44.2 Å². The van der Waals surface area contributed by atoms with E-state index in [1.54, 1.807) is 48.1 Å². The molecule has 4 aromatic carbocycles. The van der Waals surface area contributed by atoms with Crippen LogP contribution in [-0.2, 0) is 19.1 Å². The van der Waals surface area contributed by atoms with Crippen LogP contribution in [0.3, 0.4) is 0 Å². The summed E-state index contributed by atoms with van der Waals surface area (Å²) in [6.45, 7) is 3.92. The first-order valence-electron chi connectivity index (χ1n) is 13.8. The highest BCUT2D eigenvalue weighted by atomic mass is 35.5. The largest absolute Gasteiger partial charge is 0.460 e. The maximum Gasteiger partial charge on any atom is 0.376 e. The Morgan fingerprint density at radius 1 is 0.636 bits per heavy atom. The average Bonchev–Trinajstić information content (AvgIpc) is 3.04. The van der Waals surface area contributed by atoms with Crippen molar-refractivity contribution in [3.63, 3.8) is 0 Å². The molecule has 0 aliphatic carbocycles. The third kappa shape index (κ3) is 5.77. The first-order valence-corrected chi connectivity index (χ1v) is 14.6. The van der Waals surface area contributed by atoms with Gasteiger partial charge in [0.1, 0.15) is 0 Å². The van der Waals surface area contributed by atoms with Gasteiger partial charge < -0.3 is 20.1 Å². The summed E-state index contributed by atoms with van der Waals surface area (Å²) in [7, 11) is 0. The summed E-state index contributed by atoms with van der Waals surface area (Å²) >= 11 is 12.3. The van der Waals surface area contributed by atoms with Crippen molar-refractivity contribution in [3.05, 3.63) is 95.0 Å². The summed E-state index contributed by atoms with van der Waals surface area (Å²) < 4.78 is 10.4. The van der Waals surface area contributed by atoms with Gasteiger partial charge in [0.25, 0.3) is 0 Å². The minimum atomic E-state index is -0.562. The smallest absolute Gasteiger partial charge is 0.376 e. The number of amidine groups is 2. The van der Waals surface area contributed by atoms with E-state index in [4.69, 9.17) is 32.7 Å². The Morgan fingerprint density at radius 3 is 1.39 bits per heavy atom. The first-order chi connectivity index (χ1) is 21.3. The molecule has 0 fully saturated rings. The van der Waals surface area contributed by atoms with E-state index in [0.717, 1.165) is 11.1 Å². The van der Waals surface area contributed by atoms with E-state index in [-0.39, 0.29) is 24.9 Å². The number of halogens is 2.